The summed E-state index contributed by atoms with van der Waals surface area (Å²) in [4.78, 5) is 13.0. The van der Waals surface area contributed by atoms with Crippen molar-refractivity contribution >= 4 is 72.0 Å². The smallest absolute Gasteiger partial charge is 0.343 e. The molecule has 0 N–H and O–H groups in total. The maximum Gasteiger partial charge on any atom is 0.343 e. The Labute approximate surface area is 208 Å². The minimum Gasteiger partial charge on any atom is -0.744 e. The highest BCUT2D eigenvalue weighted by Crippen LogP contribution is 2.39. The van der Waals surface area contributed by atoms with Crippen LogP contribution in [-0.4, -0.2) is 18.9 Å². The zero-order chi connectivity index (χ0) is 22.2. The van der Waals surface area contributed by atoms with Gasteiger partial charge >= 0.3 is 5.97 Å². The fraction of sp³-hybridized carbons (Fsp3) is 0.261. The SMILES string of the molecule is O=C(Oc1ccc(S(=O)(=O)[O-])c2ccccc12)c1cc(I)cc(I)c1C1CCCCC1. The molecule has 0 amide bonds. The fourth-order valence-electron chi connectivity index (χ4n) is 4.27. The number of carbonyl (C=O) groups is 1. The molecule has 1 saturated carbocycles. The van der Waals surface area contributed by atoms with E-state index in [-0.39, 0.29) is 16.0 Å². The number of carbonyl (C=O) groups excluding carboxylic acids is 1. The van der Waals surface area contributed by atoms with Gasteiger partial charge in [-0.1, -0.05) is 43.5 Å². The average molecular weight is 661 g/mol. The molecule has 4 rings (SSSR count). The Bertz CT molecular complexity index is 1260. The van der Waals surface area contributed by atoms with Crippen molar-refractivity contribution in [2.75, 3.05) is 0 Å². The molecular formula is C23H19I2O5S-. The Balaban J connectivity index is 1.77. The number of fused-ring (bicyclic) bond motifs is 1. The summed E-state index contributed by atoms with van der Waals surface area (Å²) in [5.74, 6) is 0.0845. The van der Waals surface area contributed by atoms with Crippen LogP contribution in [0.5, 0.6) is 5.75 Å². The largest absolute Gasteiger partial charge is 0.744 e. The minimum atomic E-state index is -4.65. The Morgan fingerprint density at radius 3 is 2.32 bits per heavy atom. The molecule has 0 bridgehead atoms. The van der Waals surface area contributed by atoms with Gasteiger partial charge in [0, 0.05) is 17.9 Å². The van der Waals surface area contributed by atoms with E-state index in [4.69, 9.17) is 4.74 Å². The van der Waals surface area contributed by atoms with Gasteiger partial charge in [0.1, 0.15) is 15.9 Å². The number of halogens is 2. The van der Waals surface area contributed by atoms with Crippen molar-refractivity contribution in [1.82, 2.24) is 0 Å². The minimum absolute atomic E-state index is 0.233. The van der Waals surface area contributed by atoms with E-state index in [9.17, 15) is 17.8 Å². The summed E-state index contributed by atoms with van der Waals surface area (Å²) in [5, 5.41) is 0.653. The van der Waals surface area contributed by atoms with E-state index >= 15 is 0 Å². The molecule has 1 aliphatic rings. The third-order valence-electron chi connectivity index (χ3n) is 5.64. The van der Waals surface area contributed by atoms with E-state index in [1.165, 1.54) is 18.6 Å². The van der Waals surface area contributed by atoms with Gasteiger partial charge in [-0.3, -0.25) is 0 Å². The molecule has 3 aromatic rings. The molecule has 0 spiro atoms. The van der Waals surface area contributed by atoms with Crippen LogP contribution in [0.25, 0.3) is 10.8 Å². The standard InChI is InChI=1S/C23H20I2O5S/c24-15-12-18(22(19(25)13-15)14-6-2-1-3-7-14)23(26)30-20-10-11-21(31(27,28)29)17-9-5-4-8-16(17)20/h4-5,8-14H,1-3,6-7H2,(H,27,28,29)/p-1. The van der Waals surface area contributed by atoms with Crippen LogP contribution in [0.2, 0.25) is 0 Å². The number of esters is 1. The van der Waals surface area contributed by atoms with Crippen molar-refractivity contribution in [2.45, 2.75) is 42.9 Å². The lowest BCUT2D eigenvalue weighted by Gasteiger charge is -2.25. The predicted octanol–water partition coefficient (Wildman–Crippen LogP) is 6.22. The molecule has 5 nitrogen and oxygen atoms in total. The van der Waals surface area contributed by atoms with Gasteiger partial charge < -0.3 is 9.29 Å². The summed E-state index contributed by atoms with van der Waals surface area (Å²) in [5.41, 5.74) is 1.58. The highest BCUT2D eigenvalue weighted by atomic mass is 127. The molecule has 0 unspecified atom stereocenters. The van der Waals surface area contributed by atoms with Crippen LogP contribution in [0.15, 0.2) is 53.4 Å². The molecular weight excluding hydrogens is 642 g/mol. The second-order valence-electron chi connectivity index (χ2n) is 7.63. The number of ether oxygens (including phenoxy) is 1. The molecule has 0 aliphatic heterocycles. The first-order valence-corrected chi connectivity index (χ1v) is 13.5. The summed E-state index contributed by atoms with van der Waals surface area (Å²) in [7, 11) is -4.65. The zero-order valence-electron chi connectivity index (χ0n) is 16.4. The Morgan fingerprint density at radius 2 is 1.65 bits per heavy atom. The van der Waals surface area contributed by atoms with Gasteiger partial charge in [0.2, 0.25) is 0 Å². The molecule has 8 heteroatoms. The number of hydrogen-bond acceptors (Lipinski definition) is 5. The van der Waals surface area contributed by atoms with Crippen LogP contribution in [0, 0.1) is 7.14 Å². The highest BCUT2D eigenvalue weighted by molar-refractivity contribution is 14.1. The Morgan fingerprint density at radius 1 is 0.968 bits per heavy atom. The lowest BCUT2D eigenvalue weighted by Crippen LogP contribution is -2.17. The van der Waals surface area contributed by atoms with Gasteiger partial charge in [-0.2, -0.15) is 0 Å². The summed E-state index contributed by atoms with van der Waals surface area (Å²) >= 11 is 4.49. The first-order valence-electron chi connectivity index (χ1n) is 9.94. The Kier molecular flexibility index (Phi) is 6.90. The first kappa shape index (κ1) is 22.9. The van der Waals surface area contributed by atoms with Gasteiger partial charge in [-0.15, -0.1) is 0 Å². The molecule has 0 atom stereocenters. The number of benzene rings is 3. The van der Waals surface area contributed by atoms with E-state index in [1.807, 2.05) is 6.07 Å². The molecule has 162 valence electrons. The maximum atomic E-state index is 13.3. The van der Waals surface area contributed by atoms with E-state index in [0.717, 1.165) is 38.4 Å². The number of hydrogen-bond donors (Lipinski definition) is 0. The zero-order valence-corrected chi connectivity index (χ0v) is 21.6. The predicted molar refractivity (Wildman–Crippen MR) is 135 cm³/mol. The topological polar surface area (TPSA) is 83.5 Å². The molecule has 31 heavy (non-hydrogen) atoms. The summed E-state index contributed by atoms with van der Waals surface area (Å²) in [6.07, 6.45) is 5.62. The van der Waals surface area contributed by atoms with Crippen molar-refractivity contribution in [3.63, 3.8) is 0 Å². The van der Waals surface area contributed by atoms with Crippen LogP contribution in [0.4, 0.5) is 0 Å². The van der Waals surface area contributed by atoms with Crippen LogP contribution < -0.4 is 4.74 Å². The van der Waals surface area contributed by atoms with Crippen molar-refractivity contribution in [1.29, 1.82) is 0 Å². The van der Waals surface area contributed by atoms with Gasteiger partial charge in [-0.05, 0) is 93.8 Å². The molecule has 1 aliphatic carbocycles. The van der Waals surface area contributed by atoms with Gasteiger partial charge in [0.15, 0.2) is 0 Å². The summed E-state index contributed by atoms with van der Waals surface area (Å²) in [6.45, 7) is 0. The van der Waals surface area contributed by atoms with Crippen molar-refractivity contribution in [2.24, 2.45) is 0 Å². The first-order chi connectivity index (χ1) is 14.8. The third kappa shape index (κ3) is 4.91. The second-order valence-corrected chi connectivity index (χ2v) is 11.4. The summed E-state index contributed by atoms with van der Waals surface area (Å²) < 4.78 is 42.7. The molecule has 3 aromatic carbocycles. The van der Waals surface area contributed by atoms with Crippen LogP contribution in [-0.2, 0) is 10.1 Å². The van der Waals surface area contributed by atoms with Crippen molar-refractivity contribution < 1.29 is 22.5 Å². The highest BCUT2D eigenvalue weighted by Gasteiger charge is 2.26. The average Bonchev–Trinajstić information content (AvgIpc) is 2.73. The van der Waals surface area contributed by atoms with Crippen molar-refractivity contribution in [3.05, 3.63) is 66.8 Å². The quantitative estimate of drug-likeness (QED) is 0.144. The summed E-state index contributed by atoms with van der Waals surface area (Å²) in [6, 6.07) is 13.1. The van der Waals surface area contributed by atoms with E-state index in [1.54, 1.807) is 24.3 Å². The monoisotopic (exact) mass is 661 g/mol. The molecule has 0 aromatic heterocycles. The van der Waals surface area contributed by atoms with Crippen LogP contribution >= 0.6 is 45.2 Å². The number of rotatable bonds is 4. The van der Waals surface area contributed by atoms with E-state index < -0.39 is 16.1 Å². The Hall–Kier alpha value is -1.24. The third-order valence-corrected chi connectivity index (χ3v) is 8.05. The fourth-order valence-corrected chi connectivity index (χ4v) is 7.23. The molecule has 0 saturated heterocycles. The van der Waals surface area contributed by atoms with Crippen LogP contribution in [0.3, 0.4) is 0 Å². The lowest BCUT2D eigenvalue weighted by molar-refractivity contribution is 0.0734. The van der Waals surface area contributed by atoms with Crippen molar-refractivity contribution in [3.8, 4) is 5.75 Å². The van der Waals surface area contributed by atoms with Gasteiger partial charge in [0.05, 0.1) is 10.5 Å². The molecule has 0 radical (unpaired) electrons. The normalized spacial score (nSPS) is 15.2. The molecule has 0 heterocycles. The maximum absolute atomic E-state index is 13.3. The second kappa shape index (κ2) is 9.32. The van der Waals surface area contributed by atoms with Crippen LogP contribution in [0.1, 0.15) is 53.9 Å². The van der Waals surface area contributed by atoms with Gasteiger partial charge in [0.25, 0.3) is 0 Å². The lowest BCUT2D eigenvalue weighted by atomic mass is 9.82. The molecule has 1 fully saturated rings. The van der Waals surface area contributed by atoms with Gasteiger partial charge in [-0.25, -0.2) is 13.2 Å². The van der Waals surface area contributed by atoms with E-state index in [2.05, 4.69) is 51.2 Å². The van der Waals surface area contributed by atoms with E-state index in [0.29, 0.717) is 16.9 Å².